The Morgan fingerprint density at radius 2 is 2.26 bits per heavy atom. The van der Waals surface area contributed by atoms with Crippen LogP contribution in [0, 0.1) is 12.8 Å². The van der Waals surface area contributed by atoms with Crippen molar-refractivity contribution in [1.82, 2.24) is 20.3 Å². The molecule has 23 heavy (non-hydrogen) atoms. The zero-order valence-corrected chi connectivity index (χ0v) is 12.9. The van der Waals surface area contributed by atoms with Crippen molar-refractivity contribution in [2.75, 3.05) is 0 Å². The van der Waals surface area contributed by atoms with Crippen molar-refractivity contribution in [3.8, 4) is 0 Å². The summed E-state index contributed by atoms with van der Waals surface area (Å²) in [5.74, 6) is 1.81. The van der Waals surface area contributed by atoms with E-state index in [-0.39, 0.29) is 5.91 Å². The largest absolute Gasteiger partial charge is 0.448 e. The molecule has 0 saturated heterocycles. The molecule has 6 nitrogen and oxygen atoms in total. The monoisotopic (exact) mass is 310 g/mol. The number of nitrogens with zero attached hydrogens (tertiary/aromatic N) is 2. The quantitative estimate of drug-likeness (QED) is 0.759. The maximum Gasteiger partial charge on any atom is 0.273 e. The van der Waals surface area contributed by atoms with Crippen LogP contribution in [0.4, 0.5) is 0 Å². The first kappa shape index (κ1) is 14.0. The number of fused-ring (bicyclic) bond motifs is 1. The Kier molecular flexibility index (Phi) is 3.37. The van der Waals surface area contributed by atoms with E-state index in [4.69, 9.17) is 4.42 Å². The molecule has 2 N–H and O–H groups in total. The van der Waals surface area contributed by atoms with Gasteiger partial charge in [-0.05, 0) is 43.4 Å². The van der Waals surface area contributed by atoms with E-state index in [1.54, 1.807) is 0 Å². The highest BCUT2D eigenvalue weighted by Crippen LogP contribution is 2.32. The molecule has 1 fully saturated rings. The van der Waals surface area contributed by atoms with Crippen LogP contribution in [0.5, 0.6) is 0 Å². The first-order valence-electron chi connectivity index (χ1n) is 7.85. The standard InChI is InChI=1S/C17H18N4O2/c1-10-2-5-12-13(6-10)20-15(19-12)8-18-17(22)14-9-23-16(21-14)7-11-3-4-11/h2,5-6,9,11H,3-4,7-8H2,1H3,(H,18,22)(H,19,20). The van der Waals surface area contributed by atoms with Crippen molar-refractivity contribution in [1.29, 1.82) is 0 Å². The molecule has 6 heteroatoms. The van der Waals surface area contributed by atoms with Crippen LogP contribution in [0.3, 0.4) is 0 Å². The number of carbonyl (C=O) groups excluding carboxylic acids is 1. The van der Waals surface area contributed by atoms with Gasteiger partial charge in [-0.2, -0.15) is 0 Å². The summed E-state index contributed by atoms with van der Waals surface area (Å²) in [7, 11) is 0. The number of amides is 1. The predicted molar refractivity (Wildman–Crippen MR) is 84.9 cm³/mol. The first-order chi connectivity index (χ1) is 11.2. The van der Waals surface area contributed by atoms with Crippen LogP contribution in [-0.4, -0.2) is 20.9 Å². The topological polar surface area (TPSA) is 83.8 Å². The third-order valence-electron chi connectivity index (χ3n) is 4.05. The second-order valence-corrected chi connectivity index (χ2v) is 6.16. The molecule has 1 saturated carbocycles. The van der Waals surface area contributed by atoms with E-state index in [0.717, 1.165) is 23.3 Å². The number of aromatic nitrogens is 3. The summed E-state index contributed by atoms with van der Waals surface area (Å²) in [4.78, 5) is 24.0. The van der Waals surface area contributed by atoms with Gasteiger partial charge in [-0.1, -0.05) is 6.07 Å². The van der Waals surface area contributed by atoms with E-state index in [1.165, 1.54) is 24.7 Å². The van der Waals surface area contributed by atoms with E-state index in [0.29, 0.717) is 24.0 Å². The summed E-state index contributed by atoms with van der Waals surface area (Å²) in [5, 5.41) is 2.82. The van der Waals surface area contributed by atoms with Crippen LogP contribution >= 0.6 is 0 Å². The molecule has 0 radical (unpaired) electrons. The fraction of sp³-hybridized carbons (Fsp3) is 0.353. The lowest BCUT2D eigenvalue weighted by molar-refractivity contribution is 0.0945. The Labute approximate surface area is 133 Å². The summed E-state index contributed by atoms with van der Waals surface area (Å²) in [6, 6.07) is 6.02. The highest BCUT2D eigenvalue weighted by Gasteiger charge is 2.24. The SMILES string of the molecule is Cc1ccc2nc(CNC(=O)c3coc(CC4CC4)n3)[nH]c2c1. The lowest BCUT2D eigenvalue weighted by Crippen LogP contribution is -2.23. The van der Waals surface area contributed by atoms with Gasteiger partial charge in [0.2, 0.25) is 0 Å². The molecule has 118 valence electrons. The summed E-state index contributed by atoms with van der Waals surface area (Å²) >= 11 is 0. The summed E-state index contributed by atoms with van der Waals surface area (Å²) in [6.07, 6.45) is 4.72. The number of nitrogens with one attached hydrogen (secondary N) is 2. The number of imidazole rings is 1. The number of hydrogen-bond donors (Lipinski definition) is 2. The van der Waals surface area contributed by atoms with E-state index < -0.39 is 0 Å². The van der Waals surface area contributed by atoms with Crippen LogP contribution in [0.25, 0.3) is 11.0 Å². The van der Waals surface area contributed by atoms with E-state index in [2.05, 4.69) is 20.3 Å². The third kappa shape index (κ3) is 3.11. The van der Waals surface area contributed by atoms with Crippen LogP contribution in [-0.2, 0) is 13.0 Å². The summed E-state index contributed by atoms with van der Waals surface area (Å²) in [5.41, 5.74) is 3.37. The Morgan fingerprint density at radius 1 is 1.39 bits per heavy atom. The molecular weight excluding hydrogens is 292 g/mol. The lowest BCUT2D eigenvalue weighted by Gasteiger charge is -1.99. The average Bonchev–Trinajstić information content (AvgIpc) is 3.07. The van der Waals surface area contributed by atoms with Crippen LogP contribution in [0.1, 0.15) is 40.6 Å². The minimum absolute atomic E-state index is 0.243. The minimum Gasteiger partial charge on any atom is -0.448 e. The van der Waals surface area contributed by atoms with E-state index in [9.17, 15) is 4.79 Å². The predicted octanol–water partition coefficient (Wildman–Crippen LogP) is 2.74. The zero-order chi connectivity index (χ0) is 15.8. The molecule has 2 aromatic heterocycles. The molecule has 2 heterocycles. The maximum absolute atomic E-state index is 12.1. The molecule has 4 rings (SSSR count). The second-order valence-electron chi connectivity index (χ2n) is 6.16. The Hall–Kier alpha value is -2.63. The first-order valence-corrected chi connectivity index (χ1v) is 7.85. The highest BCUT2D eigenvalue weighted by atomic mass is 16.3. The van der Waals surface area contributed by atoms with Crippen molar-refractivity contribution in [2.45, 2.75) is 32.7 Å². The van der Waals surface area contributed by atoms with E-state index in [1.807, 2.05) is 25.1 Å². The Morgan fingerprint density at radius 3 is 3.09 bits per heavy atom. The van der Waals surface area contributed by atoms with Gasteiger partial charge in [0.15, 0.2) is 11.6 Å². The Balaban J connectivity index is 1.40. The third-order valence-corrected chi connectivity index (χ3v) is 4.05. The van der Waals surface area contributed by atoms with Crippen molar-refractivity contribution in [2.24, 2.45) is 5.92 Å². The maximum atomic E-state index is 12.1. The normalized spacial score (nSPS) is 14.3. The van der Waals surface area contributed by atoms with Gasteiger partial charge in [0.1, 0.15) is 12.1 Å². The van der Waals surface area contributed by atoms with Crippen molar-refractivity contribution < 1.29 is 9.21 Å². The minimum atomic E-state index is -0.243. The lowest BCUT2D eigenvalue weighted by atomic mass is 10.2. The van der Waals surface area contributed by atoms with Crippen molar-refractivity contribution in [3.63, 3.8) is 0 Å². The molecule has 1 aliphatic carbocycles. The number of hydrogen-bond acceptors (Lipinski definition) is 4. The second kappa shape index (κ2) is 5.53. The molecule has 3 aromatic rings. The van der Waals surface area contributed by atoms with Gasteiger partial charge in [0, 0.05) is 6.42 Å². The van der Waals surface area contributed by atoms with Crippen LogP contribution < -0.4 is 5.32 Å². The molecule has 1 amide bonds. The van der Waals surface area contributed by atoms with Crippen LogP contribution in [0.15, 0.2) is 28.9 Å². The number of benzene rings is 1. The summed E-state index contributed by atoms with van der Waals surface area (Å²) in [6.45, 7) is 2.36. The molecule has 0 spiro atoms. The number of rotatable bonds is 5. The van der Waals surface area contributed by atoms with Crippen molar-refractivity contribution in [3.05, 3.63) is 47.4 Å². The zero-order valence-electron chi connectivity index (χ0n) is 12.9. The number of oxazole rings is 1. The smallest absolute Gasteiger partial charge is 0.273 e. The van der Waals surface area contributed by atoms with Gasteiger partial charge in [-0.3, -0.25) is 4.79 Å². The summed E-state index contributed by atoms with van der Waals surface area (Å²) < 4.78 is 5.35. The fourth-order valence-corrected chi connectivity index (χ4v) is 2.59. The van der Waals surface area contributed by atoms with Gasteiger partial charge in [-0.25, -0.2) is 9.97 Å². The molecule has 1 aliphatic rings. The molecule has 1 aromatic carbocycles. The number of H-pyrrole nitrogens is 1. The number of aromatic amines is 1. The molecular formula is C17H18N4O2. The van der Waals surface area contributed by atoms with Gasteiger partial charge in [0.05, 0.1) is 17.6 Å². The van der Waals surface area contributed by atoms with Crippen LogP contribution in [0.2, 0.25) is 0 Å². The van der Waals surface area contributed by atoms with Gasteiger partial charge < -0.3 is 14.7 Å². The van der Waals surface area contributed by atoms with Gasteiger partial charge >= 0.3 is 0 Å². The van der Waals surface area contributed by atoms with Crippen molar-refractivity contribution >= 4 is 16.9 Å². The van der Waals surface area contributed by atoms with Gasteiger partial charge in [0.25, 0.3) is 5.91 Å². The Bertz CT molecular complexity index is 860. The molecule has 0 bridgehead atoms. The average molecular weight is 310 g/mol. The molecule has 0 atom stereocenters. The number of aryl methyl sites for hydroxylation is 1. The fourth-order valence-electron chi connectivity index (χ4n) is 2.59. The molecule has 0 unspecified atom stereocenters. The van der Waals surface area contributed by atoms with Gasteiger partial charge in [-0.15, -0.1) is 0 Å². The number of carbonyl (C=O) groups is 1. The molecule has 0 aliphatic heterocycles. The van der Waals surface area contributed by atoms with E-state index >= 15 is 0 Å². The highest BCUT2D eigenvalue weighted by molar-refractivity contribution is 5.91.